The Morgan fingerprint density at radius 3 is 2.48 bits per heavy atom. The van der Waals surface area contributed by atoms with E-state index in [1.807, 2.05) is 0 Å². The number of aldehydes is 1. The molecule has 0 aliphatic heterocycles. The van der Waals surface area contributed by atoms with Crippen molar-refractivity contribution in [2.24, 2.45) is 5.41 Å². The number of carboxylic acid groups (broad SMARTS) is 1. The van der Waals surface area contributed by atoms with Crippen LogP contribution in [0.4, 0.5) is 5.00 Å². The van der Waals surface area contributed by atoms with E-state index in [9.17, 15) is 14.7 Å². The number of rotatable bonds is 3. The van der Waals surface area contributed by atoms with Crippen LogP contribution in [0.15, 0.2) is 24.3 Å². The standard InChI is InChI=1S/C12H17NO2S.C7H5BO/c1-12(2)5-4-8-7(6-12)9(11(14)15)10(13-3)16-8;8-7-3-1-6(5-9)2-4-7/h13H,4-6H2,1-3H3,(H,14,15);1-5H. The number of benzene rings is 1. The number of hydrogen-bond acceptors (Lipinski definition) is 4. The highest BCUT2D eigenvalue weighted by Crippen LogP contribution is 2.43. The summed E-state index contributed by atoms with van der Waals surface area (Å²) in [4.78, 5) is 22.6. The number of anilines is 1. The fourth-order valence-electron chi connectivity index (χ4n) is 2.90. The molecule has 4 nitrogen and oxygen atoms in total. The zero-order chi connectivity index (χ0) is 18.6. The van der Waals surface area contributed by atoms with E-state index >= 15 is 0 Å². The van der Waals surface area contributed by atoms with E-state index in [0.717, 1.165) is 36.1 Å². The largest absolute Gasteiger partial charge is 0.478 e. The fraction of sp³-hybridized carbons (Fsp3) is 0.368. The number of thiophene rings is 1. The first kappa shape index (κ1) is 19.3. The minimum absolute atomic E-state index is 0.225. The van der Waals surface area contributed by atoms with Crippen LogP contribution in [-0.2, 0) is 12.8 Å². The van der Waals surface area contributed by atoms with E-state index in [4.69, 9.17) is 7.85 Å². The van der Waals surface area contributed by atoms with Crippen molar-refractivity contribution < 1.29 is 14.7 Å². The lowest BCUT2D eigenvalue weighted by Crippen LogP contribution is -2.22. The number of carboxylic acids is 1. The second-order valence-electron chi connectivity index (χ2n) is 6.89. The van der Waals surface area contributed by atoms with Crippen molar-refractivity contribution >= 4 is 41.9 Å². The van der Waals surface area contributed by atoms with Crippen molar-refractivity contribution in [3.05, 3.63) is 45.8 Å². The summed E-state index contributed by atoms with van der Waals surface area (Å²) in [5, 5.41) is 13.1. The Morgan fingerprint density at radius 1 is 1.32 bits per heavy atom. The summed E-state index contributed by atoms with van der Waals surface area (Å²) >= 11 is 1.60. The topological polar surface area (TPSA) is 66.4 Å². The molecule has 0 saturated heterocycles. The molecule has 1 heterocycles. The Labute approximate surface area is 153 Å². The Morgan fingerprint density at radius 2 is 1.96 bits per heavy atom. The van der Waals surface area contributed by atoms with Gasteiger partial charge in [0, 0.05) is 17.5 Å². The summed E-state index contributed by atoms with van der Waals surface area (Å²) in [6, 6.07) is 6.76. The van der Waals surface area contributed by atoms with Crippen LogP contribution in [0.1, 0.15) is 51.4 Å². The van der Waals surface area contributed by atoms with Crippen molar-refractivity contribution in [1.82, 2.24) is 0 Å². The number of carbonyl (C=O) groups is 2. The molecule has 25 heavy (non-hydrogen) atoms. The molecule has 0 amide bonds. The van der Waals surface area contributed by atoms with Gasteiger partial charge >= 0.3 is 5.97 Å². The van der Waals surface area contributed by atoms with Crippen molar-refractivity contribution in [3.8, 4) is 0 Å². The third kappa shape index (κ3) is 4.72. The summed E-state index contributed by atoms with van der Waals surface area (Å²) < 4.78 is 0. The summed E-state index contributed by atoms with van der Waals surface area (Å²) in [5.41, 5.74) is 3.11. The van der Waals surface area contributed by atoms with Gasteiger partial charge in [0.1, 0.15) is 19.1 Å². The summed E-state index contributed by atoms with van der Waals surface area (Å²) in [5.74, 6) is -0.806. The van der Waals surface area contributed by atoms with Crippen LogP contribution < -0.4 is 10.8 Å². The molecule has 1 aliphatic carbocycles. The molecule has 3 rings (SSSR count). The maximum absolute atomic E-state index is 11.3. The maximum Gasteiger partial charge on any atom is 0.338 e. The molecule has 2 N–H and O–H groups in total. The first-order valence-corrected chi connectivity index (χ1v) is 8.95. The zero-order valence-corrected chi connectivity index (χ0v) is 15.6. The van der Waals surface area contributed by atoms with Crippen molar-refractivity contribution in [2.45, 2.75) is 33.1 Å². The molecular weight excluding hydrogens is 333 g/mol. The minimum atomic E-state index is -0.806. The molecule has 1 aromatic heterocycles. The lowest BCUT2D eigenvalue weighted by atomic mass is 9.76. The Hall–Kier alpha value is -2.08. The van der Waals surface area contributed by atoms with Gasteiger partial charge in [0.25, 0.3) is 0 Å². The van der Waals surface area contributed by atoms with Crippen LogP contribution in [0.25, 0.3) is 0 Å². The Balaban J connectivity index is 0.000000212. The monoisotopic (exact) mass is 355 g/mol. The van der Waals surface area contributed by atoms with Crippen LogP contribution in [-0.4, -0.2) is 32.3 Å². The summed E-state index contributed by atoms with van der Waals surface area (Å²) in [6.45, 7) is 4.41. The summed E-state index contributed by atoms with van der Waals surface area (Å²) in [7, 11) is 7.15. The molecule has 130 valence electrons. The molecule has 0 fully saturated rings. The summed E-state index contributed by atoms with van der Waals surface area (Å²) in [6.07, 6.45) is 3.82. The van der Waals surface area contributed by atoms with E-state index in [-0.39, 0.29) is 5.41 Å². The van der Waals surface area contributed by atoms with Gasteiger partial charge in [-0.25, -0.2) is 4.79 Å². The third-order valence-electron chi connectivity index (χ3n) is 4.29. The van der Waals surface area contributed by atoms with Gasteiger partial charge < -0.3 is 10.4 Å². The van der Waals surface area contributed by atoms with Crippen LogP contribution in [0.5, 0.6) is 0 Å². The van der Waals surface area contributed by atoms with Gasteiger partial charge in [-0.05, 0) is 30.2 Å². The zero-order valence-electron chi connectivity index (χ0n) is 14.8. The average Bonchev–Trinajstić information content (AvgIpc) is 2.92. The van der Waals surface area contributed by atoms with E-state index in [1.54, 1.807) is 42.6 Å². The molecule has 2 aromatic rings. The van der Waals surface area contributed by atoms with Gasteiger partial charge in [0.15, 0.2) is 0 Å². The minimum Gasteiger partial charge on any atom is -0.478 e. The van der Waals surface area contributed by atoms with E-state index in [0.29, 0.717) is 16.6 Å². The maximum atomic E-state index is 11.3. The molecule has 6 heteroatoms. The van der Waals surface area contributed by atoms with Gasteiger partial charge in [-0.15, -0.1) is 11.3 Å². The van der Waals surface area contributed by atoms with Gasteiger partial charge in [0.2, 0.25) is 0 Å². The smallest absolute Gasteiger partial charge is 0.338 e. The molecule has 0 spiro atoms. The first-order chi connectivity index (χ1) is 11.8. The van der Waals surface area contributed by atoms with Gasteiger partial charge in [-0.2, -0.15) is 0 Å². The average molecular weight is 355 g/mol. The number of hydrogen-bond donors (Lipinski definition) is 2. The highest BCUT2D eigenvalue weighted by Gasteiger charge is 2.32. The van der Waals surface area contributed by atoms with Crippen LogP contribution >= 0.6 is 11.3 Å². The lowest BCUT2D eigenvalue weighted by Gasteiger charge is -2.29. The second kappa shape index (κ2) is 7.87. The first-order valence-electron chi connectivity index (χ1n) is 8.13. The highest BCUT2D eigenvalue weighted by molar-refractivity contribution is 7.16. The number of aromatic carboxylic acids is 1. The SMILES string of the molecule is CNc1sc2c(c1C(=O)O)CC(C)(C)CC2.[B]c1ccc(C=O)cc1. The molecule has 0 saturated carbocycles. The molecule has 1 aliphatic rings. The van der Waals surface area contributed by atoms with Gasteiger partial charge in [-0.1, -0.05) is 43.6 Å². The molecule has 0 atom stereocenters. The molecule has 2 radical (unpaired) electrons. The quantitative estimate of drug-likeness (QED) is 0.655. The van der Waals surface area contributed by atoms with Crippen LogP contribution in [0, 0.1) is 5.41 Å². The lowest BCUT2D eigenvalue weighted by molar-refractivity contribution is 0.0696. The number of carbonyl (C=O) groups excluding carboxylic acids is 1. The third-order valence-corrected chi connectivity index (χ3v) is 5.60. The highest BCUT2D eigenvalue weighted by atomic mass is 32.1. The predicted molar refractivity (Wildman–Crippen MR) is 104 cm³/mol. The normalized spacial score (nSPS) is 14.7. The van der Waals surface area contributed by atoms with E-state index < -0.39 is 5.97 Å². The number of nitrogens with one attached hydrogen (secondary N) is 1. The molecule has 0 unspecified atom stereocenters. The molecule has 0 bridgehead atoms. The van der Waals surface area contributed by atoms with Gasteiger partial charge in [-0.3, -0.25) is 4.79 Å². The number of fused-ring (bicyclic) bond motifs is 1. The van der Waals surface area contributed by atoms with Crippen molar-refractivity contribution in [3.63, 3.8) is 0 Å². The number of aryl methyl sites for hydroxylation is 1. The Bertz CT molecular complexity index is 766. The molecule has 1 aromatic carbocycles. The van der Waals surface area contributed by atoms with Crippen molar-refractivity contribution in [1.29, 1.82) is 0 Å². The second-order valence-corrected chi connectivity index (χ2v) is 7.99. The van der Waals surface area contributed by atoms with Crippen LogP contribution in [0.3, 0.4) is 0 Å². The van der Waals surface area contributed by atoms with E-state index in [1.165, 1.54) is 4.88 Å². The van der Waals surface area contributed by atoms with Gasteiger partial charge in [0.05, 0.1) is 5.56 Å². The van der Waals surface area contributed by atoms with Crippen molar-refractivity contribution in [2.75, 3.05) is 12.4 Å². The van der Waals surface area contributed by atoms with E-state index in [2.05, 4.69) is 19.2 Å². The fourth-order valence-corrected chi connectivity index (χ4v) is 4.06. The Kier molecular flexibility index (Phi) is 6.06. The predicted octanol–water partition coefficient (Wildman–Crippen LogP) is 3.30. The van der Waals surface area contributed by atoms with Crippen LogP contribution in [0.2, 0.25) is 0 Å². The molecular formula is C19H22BNO3S.